The summed E-state index contributed by atoms with van der Waals surface area (Å²) in [4.78, 5) is 28.7. The van der Waals surface area contributed by atoms with E-state index < -0.39 is 18.0 Å². The number of aliphatic hydroxyl groups excluding tert-OH is 1. The summed E-state index contributed by atoms with van der Waals surface area (Å²) in [6.45, 7) is 6.58. The van der Waals surface area contributed by atoms with Crippen LogP contribution in [0, 0.1) is 11.3 Å². The lowest BCUT2D eigenvalue weighted by Crippen LogP contribution is -2.52. The van der Waals surface area contributed by atoms with Gasteiger partial charge in [0.2, 0.25) is 12.3 Å². The van der Waals surface area contributed by atoms with E-state index in [0.29, 0.717) is 37.3 Å². The van der Waals surface area contributed by atoms with Gasteiger partial charge in [-0.25, -0.2) is 0 Å². The molecule has 224 valence electrons. The van der Waals surface area contributed by atoms with Crippen molar-refractivity contribution in [2.45, 2.75) is 83.3 Å². The Hall–Kier alpha value is -2.98. The van der Waals surface area contributed by atoms with Gasteiger partial charge in [0.15, 0.2) is 5.96 Å². The maximum absolute atomic E-state index is 13.8. The largest absolute Gasteiger partial charge is 0.356 e. The molecule has 1 fully saturated rings. The topological polar surface area (TPSA) is 127 Å². The van der Waals surface area contributed by atoms with Crippen LogP contribution in [0.15, 0.2) is 54.6 Å². The van der Waals surface area contributed by atoms with Crippen molar-refractivity contribution in [2.75, 3.05) is 13.7 Å². The van der Waals surface area contributed by atoms with Crippen molar-refractivity contribution in [3.63, 3.8) is 0 Å². The number of nitrogens with zero attached hydrogens (tertiary/aromatic N) is 1. The van der Waals surface area contributed by atoms with Gasteiger partial charge in [0, 0.05) is 24.7 Å². The average molecular weight is 586 g/mol. The monoisotopic (exact) mass is 585 g/mol. The summed E-state index contributed by atoms with van der Waals surface area (Å²) < 4.78 is 4.93. The highest BCUT2D eigenvalue weighted by atomic mass is 35.5. The van der Waals surface area contributed by atoms with E-state index in [2.05, 4.69) is 36.7 Å². The number of halogens is 1. The highest BCUT2D eigenvalue weighted by Gasteiger charge is 2.50. The molecule has 1 saturated heterocycles. The third-order valence-corrected chi connectivity index (χ3v) is 7.56. The van der Waals surface area contributed by atoms with Crippen molar-refractivity contribution in [2.24, 2.45) is 5.92 Å². The standard InChI is InChI=1S/C31H44ClN5O4/c1-5-11-25(34-27(38)26(35-30(40)41-4)19-22-12-9-15-24(32)18-22)16-10-17-37-28(39)31(20-21(2)3,36-29(37)33)23-13-7-6-8-14-23/h6-9,12-15,18,21,25-26,30,35,40H,5,10-11,16-17,19-20H2,1-4H3,(H2,33,36)(H,34,38)/t25-,26-,30?,31+/m0/s1. The number of hydrogen-bond donors (Lipinski definition) is 5. The Morgan fingerprint density at radius 3 is 2.54 bits per heavy atom. The van der Waals surface area contributed by atoms with Crippen LogP contribution in [0.25, 0.3) is 0 Å². The Morgan fingerprint density at radius 2 is 1.90 bits per heavy atom. The fourth-order valence-electron chi connectivity index (χ4n) is 5.46. The quantitative estimate of drug-likeness (QED) is 0.189. The van der Waals surface area contributed by atoms with E-state index in [9.17, 15) is 14.7 Å². The van der Waals surface area contributed by atoms with Crippen LogP contribution in [-0.4, -0.2) is 59.9 Å². The summed E-state index contributed by atoms with van der Waals surface area (Å²) in [5, 5.41) is 28.4. The molecule has 0 bridgehead atoms. The van der Waals surface area contributed by atoms with Gasteiger partial charge in [-0.15, -0.1) is 0 Å². The molecule has 0 aliphatic carbocycles. The molecule has 10 heteroatoms. The number of ether oxygens (including phenoxy) is 1. The molecule has 1 unspecified atom stereocenters. The molecule has 2 aromatic rings. The van der Waals surface area contributed by atoms with Gasteiger partial charge in [-0.2, -0.15) is 0 Å². The normalized spacial score (nSPS) is 19.2. The van der Waals surface area contributed by atoms with Crippen molar-refractivity contribution < 1.29 is 19.4 Å². The zero-order valence-electron chi connectivity index (χ0n) is 24.5. The van der Waals surface area contributed by atoms with Crippen LogP contribution in [0.4, 0.5) is 0 Å². The summed E-state index contributed by atoms with van der Waals surface area (Å²) in [6.07, 6.45) is 2.46. The first-order valence-corrected chi connectivity index (χ1v) is 14.7. The molecule has 2 aromatic carbocycles. The molecule has 0 spiro atoms. The highest BCUT2D eigenvalue weighted by Crippen LogP contribution is 2.35. The Labute approximate surface area is 248 Å². The molecule has 0 radical (unpaired) electrons. The molecule has 1 aliphatic rings. The van der Waals surface area contributed by atoms with Gasteiger partial charge in [-0.05, 0) is 61.3 Å². The predicted molar refractivity (Wildman–Crippen MR) is 161 cm³/mol. The van der Waals surface area contributed by atoms with Crippen LogP contribution < -0.4 is 16.0 Å². The van der Waals surface area contributed by atoms with Gasteiger partial charge in [-0.3, -0.25) is 25.2 Å². The lowest BCUT2D eigenvalue weighted by Gasteiger charge is -2.29. The summed E-state index contributed by atoms with van der Waals surface area (Å²) in [6, 6.07) is 16.0. The second kappa shape index (κ2) is 15.3. The van der Waals surface area contributed by atoms with Gasteiger partial charge in [0.25, 0.3) is 5.91 Å². The summed E-state index contributed by atoms with van der Waals surface area (Å²) in [5.74, 6) is -0.0207. The molecule has 9 nitrogen and oxygen atoms in total. The highest BCUT2D eigenvalue weighted by molar-refractivity contribution is 6.30. The van der Waals surface area contributed by atoms with E-state index in [4.69, 9.17) is 21.7 Å². The number of rotatable bonds is 16. The molecule has 5 N–H and O–H groups in total. The third kappa shape index (κ3) is 8.75. The first-order valence-electron chi connectivity index (χ1n) is 14.4. The molecular weight excluding hydrogens is 542 g/mol. The maximum Gasteiger partial charge on any atom is 0.259 e. The molecular formula is C31H44ClN5O4. The average Bonchev–Trinajstić information content (AvgIpc) is 3.17. The second-order valence-electron chi connectivity index (χ2n) is 11.1. The van der Waals surface area contributed by atoms with Crippen LogP contribution in [0.5, 0.6) is 0 Å². The number of nitrogens with one attached hydrogen (secondary N) is 4. The van der Waals surface area contributed by atoms with E-state index in [1.165, 1.54) is 12.0 Å². The number of benzene rings is 2. The summed E-state index contributed by atoms with van der Waals surface area (Å²) in [5.41, 5.74) is 0.756. The first kappa shape index (κ1) is 32.5. The van der Waals surface area contributed by atoms with Crippen LogP contribution >= 0.6 is 11.6 Å². The van der Waals surface area contributed by atoms with E-state index >= 15 is 0 Å². The molecule has 41 heavy (non-hydrogen) atoms. The van der Waals surface area contributed by atoms with E-state index in [-0.39, 0.29) is 29.7 Å². The van der Waals surface area contributed by atoms with Crippen LogP contribution in [0.3, 0.4) is 0 Å². The second-order valence-corrected chi connectivity index (χ2v) is 11.5. The fraction of sp³-hybridized carbons (Fsp3) is 0.516. The van der Waals surface area contributed by atoms with Crippen LogP contribution in [-0.2, 0) is 26.3 Å². The smallest absolute Gasteiger partial charge is 0.259 e. The number of carbonyl (C=O) groups excluding carboxylic acids is 2. The number of carbonyl (C=O) groups is 2. The minimum absolute atomic E-state index is 0.106. The van der Waals surface area contributed by atoms with Gasteiger partial charge >= 0.3 is 0 Å². The van der Waals surface area contributed by atoms with Gasteiger partial charge in [0.05, 0.1) is 6.04 Å². The zero-order valence-corrected chi connectivity index (χ0v) is 25.2. The third-order valence-electron chi connectivity index (χ3n) is 7.32. The lowest BCUT2D eigenvalue weighted by atomic mass is 9.82. The molecule has 3 rings (SSSR count). The molecule has 0 saturated carbocycles. The predicted octanol–water partition coefficient (Wildman–Crippen LogP) is 4.14. The summed E-state index contributed by atoms with van der Waals surface area (Å²) in [7, 11) is 1.35. The van der Waals surface area contributed by atoms with Crippen molar-refractivity contribution in [3.05, 3.63) is 70.7 Å². The maximum atomic E-state index is 13.8. The minimum Gasteiger partial charge on any atom is -0.356 e. The van der Waals surface area contributed by atoms with Crippen molar-refractivity contribution in [1.82, 2.24) is 20.9 Å². The number of methoxy groups -OCH3 is 1. The Kier molecular flexibility index (Phi) is 12.1. The Bertz CT molecular complexity index is 1160. The van der Waals surface area contributed by atoms with E-state index in [1.807, 2.05) is 42.5 Å². The summed E-state index contributed by atoms with van der Waals surface area (Å²) >= 11 is 6.13. The molecule has 1 heterocycles. The van der Waals surface area contributed by atoms with Crippen molar-refractivity contribution in [1.29, 1.82) is 5.41 Å². The number of guanidine groups is 1. The molecule has 2 amide bonds. The number of aliphatic hydroxyl groups is 1. The van der Waals surface area contributed by atoms with Crippen molar-refractivity contribution >= 4 is 29.4 Å². The van der Waals surface area contributed by atoms with E-state index in [0.717, 1.165) is 24.0 Å². The van der Waals surface area contributed by atoms with Gasteiger partial charge in [0.1, 0.15) is 5.54 Å². The lowest BCUT2D eigenvalue weighted by molar-refractivity contribution is -0.133. The van der Waals surface area contributed by atoms with Gasteiger partial charge < -0.3 is 20.5 Å². The molecule has 4 atom stereocenters. The van der Waals surface area contributed by atoms with Crippen LogP contribution in [0.2, 0.25) is 5.02 Å². The minimum atomic E-state index is -1.30. The van der Waals surface area contributed by atoms with Crippen molar-refractivity contribution in [3.8, 4) is 0 Å². The Morgan fingerprint density at radius 1 is 1.17 bits per heavy atom. The van der Waals surface area contributed by atoms with Crippen LogP contribution in [0.1, 0.15) is 64.0 Å². The number of amides is 2. The Balaban J connectivity index is 1.66. The zero-order chi connectivity index (χ0) is 30.0. The molecule has 1 aliphatic heterocycles. The fourth-order valence-corrected chi connectivity index (χ4v) is 5.67. The molecule has 0 aromatic heterocycles. The SMILES string of the molecule is CCC[C@@H](CCCN1C(=N)N[C@](CC(C)C)(c2ccccc2)C1=O)NC(=O)[C@H](Cc1cccc(Cl)c1)NC(O)OC. The first-order chi connectivity index (χ1) is 19.6. The van der Waals surface area contributed by atoms with E-state index in [1.54, 1.807) is 12.1 Å². The van der Waals surface area contributed by atoms with Gasteiger partial charge in [-0.1, -0.05) is 81.3 Å². The number of hydrogen-bond acceptors (Lipinski definition) is 6.